The van der Waals surface area contributed by atoms with Gasteiger partial charge >= 0.3 is 0 Å². The SMILES string of the molecule is CC[C@H](C)c1ccc(NC(=O)c2cccc(NC(C)=O)c2)cc1. The van der Waals surface area contributed by atoms with Crippen LogP contribution in [0.2, 0.25) is 0 Å². The molecule has 23 heavy (non-hydrogen) atoms. The van der Waals surface area contributed by atoms with Crippen LogP contribution in [0.1, 0.15) is 49.0 Å². The molecule has 0 fully saturated rings. The molecule has 2 aromatic carbocycles. The Morgan fingerprint density at radius 2 is 1.70 bits per heavy atom. The number of carbonyl (C=O) groups excluding carboxylic acids is 2. The normalized spacial score (nSPS) is 11.6. The van der Waals surface area contributed by atoms with Crippen LogP contribution in [0, 0.1) is 0 Å². The summed E-state index contributed by atoms with van der Waals surface area (Å²) in [7, 11) is 0. The smallest absolute Gasteiger partial charge is 0.255 e. The minimum absolute atomic E-state index is 0.164. The molecule has 0 aliphatic rings. The van der Waals surface area contributed by atoms with Crippen molar-refractivity contribution in [1.82, 2.24) is 0 Å². The highest BCUT2D eigenvalue weighted by molar-refractivity contribution is 6.05. The van der Waals surface area contributed by atoms with E-state index in [0.29, 0.717) is 17.2 Å². The highest BCUT2D eigenvalue weighted by Crippen LogP contribution is 2.21. The van der Waals surface area contributed by atoms with Gasteiger partial charge in [0.05, 0.1) is 0 Å². The zero-order valence-electron chi connectivity index (χ0n) is 13.7. The van der Waals surface area contributed by atoms with Gasteiger partial charge in [0.15, 0.2) is 0 Å². The Labute approximate surface area is 136 Å². The van der Waals surface area contributed by atoms with Gasteiger partial charge in [0.2, 0.25) is 5.91 Å². The van der Waals surface area contributed by atoms with Crippen LogP contribution in [-0.4, -0.2) is 11.8 Å². The first kappa shape index (κ1) is 16.7. The average molecular weight is 310 g/mol. The van der Waals surface area contributed by atoms with Gasteiger partial charge in [-0.05, 0) is 48.2 Å². The van der Waals surface area contributed by atoms with Gasteiger partial charge in [-0.2, -0.15) is 0 Å². The molecule has 0 unspecified atom stereocenters. The fourth-order valence-electron chi connectivity index (χ4n) is 2.28. The Kier molecular flexibility index (Phi) is 5.52. The third kappa shape index (κ3) is 4.68. The zero-order valence-corrected chi connectivity index (χ0v) is 13.7. The largest absolute Gasteiger partial charge is 0.326 e. The standard InChI is InChI=1S/C19H22N2O2/c1-4-13(2)15-8-10-17(11-9-15)21-19(23)16-6-5-7-18(12-16)20-14(3)22/h5-13H,4H2,1-3H3,(H,20,22)(H,21,23)/t13-/m0/s1. The van der Waals surface area contributed by atoms with Crippen molar-refractivity contribution in [1.29, 1.82) is 0 Å². The monoisotopic (exact) mass is 310 g/mol. The van der Waals surface area contributed by atoms with Gasteiger partial charge in [0, 0.05) is 23.9 Å². The van der Waals surface area contributed by atoms with Gasteiger partial charge in [-0.15, -0.1) is 0 Å². The molecule has 0 saturated carbocycles. The lowest BCUT2D eigenvalue weighted by Gasteiger charge is -2.11. The Hall–Kier alpha value is -2.62. The van der Waals surface area contributed by atoms with Crippen LogP contribution < -0.4 is 10.6 Å². The summed E-state index contributed by atoms with van der Waals surface area (Å²) < 4.78 is 0. The second kappa shape index (κ2) is 7.58. The van der Waals surface area contributed by atoms with E-state index >= 15 is 0 Å². The second-order valence-corrected chi connectivity index (χ2v) is 5.65. The van der Waals surface area contributed by atoms with Crippen LogP contribution in [0.3, 0.4) is 0 Å². The van der Waals surface area contributed by atoms with Gasteiger partial charge in [0.1, 0.15) is 0 Å². The Morgan fingerprint density at radius 3 is 2.30 bits per heavy atom. The Morgan fingerprint density at radius 1 is 1.00 bits per heavy atom. The molecular weight excluding hydrogens is 288 g/mol. The summed E-state index contributed by atoms with van der Waals surface area (Å²) in [5.74, 6) is 0.144. The highest BCUT2D eigenvalue weighted by atomic mass is 16.2. The molecule has 4 nitrogen and oxygen atoms in total. The van der Waals surface area contributed by atoms with E-state index in [0.717, 1.165) is 12.1 Å². The van der Waals surface area contributed by atoms with E-state index in [4.69, 9.17) is 0 Å². The molecule has 2 amide bonds. The fraction of sp³-hybridized carbons (Fsp3) is 0.263. The predicted molar refractivity (Wildman–Crippen MR) is 93.8 cm³/mol. The molecule has 2 N–H and O–H groups in total. The lowest BCUT2D eigenvalue weighted by atomic mass is 9.98. The molecule has 0 aromatic heterocycles. The number of carbonyl (C=O) groups is 2. The maximum absolute atomic E-state index is 12.3. The quantitative estimate of drug-likeness (QED) is 0.859. The van der Waals surface area contributed by atoms with E-state index in [1.165, 1.54) is 12.5 Å². The third-order valence-electron chi connectivity index (χ3n) is 3.80. The molecule has 2 aromatic rings. The van der Waals surface area contributed by atoms with E-state index in [-0.39, 0.29) is 11.8 Å². The van der Waals surface area contributed by atoms with Crippen LogP contribution in [0.4, 0.5) is 11.4 Å². The lowest BCUT2D eigenvalue weighted by Crippen LogP contribution is -2.13. The number of benzene rings is 2. The molecule has 0 radical (unpaired) electrons. The van der Waals surface area contributed by atoms with Crippen molar-refractivity contribution in [2.45, 2.75) is 33.1 Å². The number of anilines is 2. The van der Waals surface area contributed by atoms with Crippen molar-refractivity contribution in [3.05, 3.63) is 59.7 Å². The third-order valence-corrected chi connectivity index (χ3v) is 3.80. The first-order valence-corrected chi connectivity index (χ1v) is 7.78. The summed E-state index contributed by atoms with van der Waals surface area (Å²) in [6.07, 6.45) is 1.08. The van der Waals surface area contributed by atoms with E-state index in [1.807, 2.05) is 24.3 Å². The van der Waals surface area contributed by atoms with Crippen molar-refractivity contribution in [3.8, 4) is 0 Å². The van der Waals surface area contributed by atoms with Crippen LogP contribution in [0.15, 0.2) is 48.5 Å². The zero-order chi connectivity index (χ0) is 16.8. The second-order valence-electron chi connectivity index (χ2n) is 5.65. The first-order valence-electron chi connectivity index (χ1n) is 7.78. The highest BCUT2D eigenvalue weighted by Gasteiger charge is 2.08. The van der Waals surface area contributed by atoms with Crippen molar-refractivity contribution >= 4 is 23.2 Å². The van der Waals surface area contributed by atoms with Gasteiger partial charge in [-0.3, -0.25) is 9.59 Å². The number of rotatable bonds is 5. The predicted octanol–water partition coefficient (Wildman–Crippen LogP) is 4.41. The Balaban J connectivity index is 2.08. The van der Waals surface area contributed by atoms with Crippen molar-refractivity contribution in [2.24, 2.45) is 0 Å². The number of amides is 2. The first-order chi connectivity index (χ1) is 11.0. The summed E-state index contributed by atoms with van der Waals surface area (Å²) in [5.41, 5.74) is 3.13. The van der Waals surface area contributed by atoms with Crippen LogP contribution in [0.5, 0.6) is 0 Å². The van der Waals surface area contributed by atoms with E-state index in [2.05, 4.69) is 24.5 Å². The van der Waals surface area contributed by atoms with Crippen LogP contribution in [-0.2, 0) is 4.79 Å². The molecule has 4 heteroatoms. The van der Waals surface area contributed by atoms with Crippen molar-refractivity contribution in [2.75, 3.05) is 10.6 Å². The molecule has 2 rings (SSSR count). The Bertz CT molecular complexity index is 693. The number of hydrogen-bond donors (Lipinski definition) is 2. The van der Waals surface area contributed by atoms with E-state index in [9.17, 15) is 9.59 Å². The molecule has 1 atom stereocenters. The van der Waals surface area contributed by atoms with Gasteiger partial charge in [-0.1, -0.05) is 32.0 Å². The molecule has 0 spiro atoms. The maximum atomic E-state index is 12.3. The molecule has 0 saturated heterocycles. The summed E-state index contributed by atoms with van der Waals surface area (Å²) in [6.45, 7) is 5.77. The van der Waals surface area contributed by atoms with Crippen molar-refractivity contribution in [3.63, 3.8) is 0 Å². The van der Waals surface area contributed by atoms with E-state index < -0.39 is 0 Å². The average Bonchev–Trinajstić information content (AvgIpc) is 2.54. The van der Waals surface area contributed by atoms with Crippen LogP contribution in [0.25, 0.3) is 0 Å². The molecule has 0 aliphatic heterocycles. The lowest BCUT2D eigenvalue weighted by molar-refractivity contribution is -0.114. The molecule has 120 valence electrons. The minimum Gasteiger partial charge on any atom is -0.326 e. The molecule has 0 bridgehead atoms. The summed E-state index contributed by atoms with van der Waals surface area (Å²) >= 11 is 0. The van der Waals surface area contributed by atoms with Crippen LogP contribution >= 0.6 is 0 Å². The van der Waals surface area contributed by atoms with Gasteiger partial charge in [0.25, 0.3) is 5.91 Å². The van der Waals surface area contributed by atoms with E-state index in [1.54, 1.807) is 24.3 Å². The minimum atomic E-state index is -0.200. The number of hydrogen-bond acceptors (Lipinski definition) is 2. The van der Waals surface area contributed by atoms with Gasteiger partial charge < -0.3 is 10.6 Å². The van der Waals surface area contributed by atoms with Crippen molar-refractivity contribution < 1.29 is 9.59 Å². The molecule has 0 heterocycles. The maximum Gasteiger partial charge on any atom is 0.255 e. The number of nitrogens with one attached hydrogen (secondary N) is 2. The summed E-state index contributed by atoms with van der Waals surface area (Å²) in [5, 5.41) is 5.54. The molecular formula is C19H22N2O2. The molecule has 0 aliphatic carbocycles. The summed E-state index contributed by atoms with van der Waals surface area (Å²) in [6, 6.07) is 14.8. The fourth-order valence-corrected chi connectivity index (χ4v) is 2.28. The topological polar surface area (TPSA) is 58.2 Å². The van der Waals surface area contributed by atoms with Gasteiger partial charge in [-0.25, -0.2) is 0 Å². The summed E-state index contributed by atoms with van der Waals surface area (Å²) in [4.78, 5) is 23.4.